The highest BCUT2D eigenvalue weighted by molar-refractivity contribution is 5.03. The van der Waals surface area contributed by atoms with Crippen molar-refractivity contribution in [2.24, 2.45) is 5.41 Å². The molecule has 0 aromatic rings. The smallest absolute Gasteiger partial charge is 0.0206 e. The summed E-state index contributed by atoms with van der Waals surface area (Å²) >= 11 is 0. The molecule has 1 saturated carbocycles. The van der Waals surface area contributed by atoms with Crippen molar-refractivity contribution in [3.8, 4) is 0 Å². The summed E-state index contributed by atoms with van der Waals surface area (Å²) < 4.78 is 0. The average Bonchev–Trinajstić information content (AvgIpc) is 2.53. The lowest BCUT2D eigenvalue weighted by molar-refractivity contribution is -0.0902. The third-order valence-electron chi connectivity index (χ3n) is 5.66. The second-order valence-electron chi connectivity index (χ2n) is 7.02. The second-order valence-corrected chi connectivity index (χ2v) is 7.02. The summed E-state index contributed by atoms with van der Waals surface area (Å²) in [7, 11) is 0. The number of likely N-dealkylation sites (tertiary alicyclic amines) is 1. The van der Waals surface area contributed by atoms with Gasteiger partial charge in [-0.2, -0.15) is 0 Å². The molecule has 0 unspecified atom stereocenters. The van der Waals surface area contributed by atoms with Crippen LogP contribution in [0.4, 0.5) is 0 Å². The van der Waals surface area contributed by atoms with Gasteiger partial charge >= 0.3 is 0 Å². The molecule has 2 aliphatic heterocycles. The molecular weight excluding hydrogens is 208 g/mol. The number of piperidine rings is 1. The van der Waals surface area contributed by atoms with Gasteiger partial charge in [0, 0.05) is 18.6 Å². The van der Waals surface area contributed by atoms with E-state index in [9.17, 15) is 0 Å². The summed E-state index contributed by atoms with van der Waals surface area (Å²) in [6.07, 6.45) is 11.7. The molecule has 3 fully saturated rings. The maximum atomic E-state index is 3.50. The normalized spacial score (nSPS) is 33.0. The number of nitrogens with one attached hydrogen (secondary N) is 1. The van der Waals surface area contributed by atoms with Gasteiger partial charge in [-0.1, -0.05) is 25.7 Å². The van der Waals surface area contributed by atoms with E-state index in [-0.39, 0.29) is 0 Å². The predicted octanol–water partition coefficient (Wildman–Crippen LogP) is 2.78. The Bertz CT molecular complexity index is 252. The summed E-state index contributed by atoms with van der Waals surface area (Å²) in [5, 5.41) is 3.50. The van der Waals surface area contributed by atoms with Crippen molar-refractivity contribution in [3.63, 3.8) is 0 Å². The van der Waals surface area contributed by atoms with E-state index in [1.54, 1.807) is 0 Å². The van der Waals surface area contributed by atoms with Crippen molar-refractivity contribution in [3.05, 3.63) is 0 Å². The Kier molecular flexibility index (Phi) is 3.20. The van der Waals surface area contributed by atoms with E-state index in [1.165, 1.54) is 77.5 Å². The molecular formula is C15H28N2. The van der Waals surface area contributed by atoms with E-state index in [0.29, 0.717) is 5.54 Å². The molecule has 2 heterocycles. The predicted molar refractivity (Wildman–Crippen MR) is 72.2 cm³/mol. The molecule has 0 amide bonds. The van der Waals surface area contributed by atoms with Gasteiger partial charge in [-0.3, -0.25) is 4.90 Å². The maximum absolute atomic E-state index is 3.50. The Balaban J connectivity index is 1.59. The van der Waals surface area contributed by atoms with Gasteiger partial charge in [-0.05, 0) is 51.1 Å². The number of hydrogen-bond acceptors (Lipinski definition) is 2. The first-order valence-corrected chi connectivity index (χ1v) is 7.68. The largest absolute Gasteiger partial charge is 0.317 e. The minimum absolute atomic E-state index is 0.517. The molecule has 0 radical (unpaired) electrons. The zero-order chi connectivity index (χ0) is 11.8. The van der Waals surface area contributed by atoms with Crippen molar-refractivity contribution in [2.75, 3.05) is 26.2 Å². The summed E-state index contributed by atoms with van der Waals surface area (Å²) in [4.78, 5) is 2.80. The van der Waals surface area contributed by atoms with Crippen LogP contribution in [-0.2, 0) is 0 Å². The third-order valence-corrected chi connectivity index (χ3v) is 5.66. The Morgan fingerprint density at radius 1 is 0.824 bits per heavy atom. The van der Waals surface area contributed by atoms with Crippen LogP contribution in [0.1, 0.15) is 58.3 Å². The summed E-state index contributed by atoms with van der Waals surface area (Å²) in [6, 6.07) is 0. The highest BCUT2D eigenvalue weighted by atomic mass is 15.3. The van der Waals surface area contributed by atoms with Crippen LogP contribution in [0.2, 0.25) is 0 Å². The van der Waals surface area contributed by atoms with Gasteiger partial charge in [0.25, 0.3) is 0 Å². The number of nitrogens with zero attached hydrogens (tertiary/aromatic N) is 1. The first-order chi connectivity index (χ1) is 8.23. The van der Waals surface area contributed by atoms with Gasteiger partial charge in [-0.25, -0.2) is 0 Å². The zero-order valence-corrected chi connectivity index (χ0v) is 11.4. The van der Waals surface area contributed by atoms with Crippen molar-refractivity contribution >= 4 is 0 Å². The number of hydrogen-bond donors (Lipinski definition) is 1. The molecule has 1 N–H and O–H groups in total. The third kappa shape index (κ3) is 2.26. The molecule has 2 nitrogen and oxygen atoms in total. The molecule has 0 aromatic carbocycles. The fourth-order valence-electron chi connectivity index (χ4n) is 4.22. The fraction of sp³-hybridized carbons (Fsp3) is 1.00. The van der Waals surface area contributed by atoms with Gasteiger partial charge in [0.15, 0.2) is 0 Å². The lowest BCUT2D eigenvalue weighted by Crippen LogP contribution is -2.66. The van der Waals surface area contributed by atoms with Crippen molar-refractivity contribution in [2.45, 2.75) is 63.8 Å². The monoisotopic (exact) mass is 236 g/mol. The van der Waals surface area contributed by atoms with Crippen molar-refractivity contribution < 1.29 is 0 Å². The molecule has 1 spiro atoms. The zero-order valence-electron chi connectivity index (χ0n) is 11.4. The molecule has 0 atom stereocenters. The van der Waals surface area contributed by atoms with Crippen molar-refractivity contribution in [1.82, 2.24) is 10.2 Å². The van der Waals surface area contributed by atoms with Crippen LogP contribution >= 0.6 is 0 Å². The molecule has 98 valence electrons. The highest BCUT2D eigenvalue weighted by Gasteiger charge is 2.49. The maximum Gasteiger partial charge on any atom is 0.0206 e. The van der Waals surface area contributed by atoms with Crippen LogP contribution in [-0.4, -0.2) is 36.6 Å². The quantitative estimate of drug-likeness (QED) is 0.753. The summed E-state index contributed by atoms with van der Waals surface area (Å²) in [5.74, 6) is 0. The van der Waals surface area contributed by atoms with Crippen LogP contribution in [0.15, 0.2) is 0 Å². The van der Waals surface area contributed by atoms with Crippen molar-refractivity contribution in [1.29, 1.82) is 0 Å². The van der Waals surface area contributed by atoms with E-state index in [2.05, 4.69) is 17.1 Å². The average molecular weight is 236 g/mol. The lowest BCUT2D eigenvalue weighted by Gasteiger charge is -2.59. The molecule has 1 aliphatic carbocycles. The van der Waals surface area contributed by atoms with E-state index >= 15 is 0 Å². The van der Waals surface area contributed by atoms with E-state index in [1.807, 2.05) is 0 Å². The van der Waals surface area contributed by atoms with E-state index in [4.69, 9.17) is 0 Å². The molecule has 3 rings (SSSR count). The molecule has 0 bridgehead atoms. The van der Waals surface area contributed by atoms with E-state index in [0.717, 1.165) is 5.41 Å². The van der Waals surface area contributed by atoms with Crippen LogP contribution < -0.4 is 5.32 Å². The minimum Gasteiger partial charge on any atom is -0.317 e. The van der Waals surface area contributed by atoms with Gasteiger partial charge < -0.3 is 5.32 Å². The van der Waals surface area contributed by atoms with Crippen LogP contribution in [0, 0.1) is 5.41 Å². The van der Waals surface area contributed by atoms with E-state index < -0.39 is 0 Å². The summed E-state index contributed by atoms with van der Waals surface area (Å²) in [5.41, 5.74) is 1.26. The van der Waals surface area contributed by atoms with Crippen LogP contribution in [0.5, 0.6) is 0 Å². The highest BCUT2D eigenvalue weighted by Crippen LogP contribution is 2.46. The Morgan fingerprint density at radius 3 is 2.00 bits per heavy atom. The topological polar surface area (TPSA) is 15.3 Å². The Labute approximate surface area is 106 Å². The first kappa shape index (κ1) is 12.0. The second kappa shape index (κ2) is 4.55. The molecule has 17 heavy (non-hydrogen) atoms. The molecule has 0 aromatic heterocycles. The Morgan fingerprint density at radius 2 is 1.41 bits per heavy atom. The summed E-state index contributed by atoms with van der Waals surface area (Å²) in [6.45, 7) is 7.75. The molecule has 2 saturated heterocycles. The first-order valence-electron chi connectivity index (χ1n) is 7.68. The Hall–Kier alpha value is -0.0800. The van der Waals surface area contributed by atoms with Gasteiger partial charge in [0.05, 0.1) is 0 Å². The van der Waals surface area contributed by atoms with Gasteiger partial charge in [0.1, 0.15) is 0 Å². The minimum atomic E-state index is 0.517. The molecule has 2 heteroatoms. The SMILES string of the molecule is CC1(N2CC3(CCCCCC3)C2)CCNCC1. The van der Waals surface area contributed by atoms with Gasteiger partial charge in [-0.15, -0.1) is 0 Å². The van der Waals surface area contributed by atoms with Crippen LogP contribution in [0.3, 0.4) is 0 Å². The van der Waals surface area contributed by atoms with Gasteiger partial charge in [0.2, 0.25) is 0 Å². The van der Waals surface area contributed by atoms with Crippen LogP contribution in [0.25, 0.3) is 0 Å². The lowest BCUT2D eigenvalue weighted by atomic mass is 9.70. The number of rotatable bonds is 1. The fourth-order valence-corrected chi connectivity index (χ4v) is 4.22. The molecule has 3 aliphatic rings. The standard InChI is InChI=1S/C15H28N2/c1-14(8-10-16-11-9-14)17-12-15(13-17)6-4-2-3-5-7-15/h16H,2-13H2,1H3.